The summed E-state index contributed by atoms with van der Waals surface area (Å²) >= 11 is 0. The van der Waals surface area contributed by atoms with Gasteiger partial charge in [-0.05, 0) is 38.0 Å². The maximum absolute atomic E-state index is 13.9. The van der Waals surface area contributed by atoms with Crippen molar-refractivity contribution < 1.29 is 54.1 Å². The number of benzene rings is 2. The second-order valence-electron chi connectivity index (χ2n) is 11.1. The van der Waals surface area contributed by atoms with Crippen LogP contribution in [0.25, 0.3) is 0 Å². The van der Waals surface area contributed by atoms with Crippen LogP contribution in [0.15, 0.2) is 6.07 Å². The number of hydrogen-bond acceptors (Lipinski definition) is 12. The average molecular weight is 572 g/mol. The predicted octanol–water partition coefficient (Wildman–Crippen LogP) is 0.618. The number of aromatic hydroxyl groups is 2. The molecule has 1 aliphatic heterocycles. The van der Waals surface area contributed by atoms with E-state index in [1.54, 1.807) is 20.8 Å². The van der Waals surface area contributed by atoms with Crippen molar-refractivity contribution in [3.05, 3.63) is 50.6 Å². The van der Waals surface area contributed by atoms with Gasteiger partial charge < -0.3 is 45.5 Å². The van der Waals surface area contributed by atoms with Crippen LogP contribution in [0.2, 0.25) is 0 Å². The van der Waals surface area contributed by atoms with Gasteiger partial charge in [-0.15, -0.1) is 0 Å². The van der Waals surface area contributed by atoms with Gasteiger partial charge in [0.25, 0.3) is 0 Å². The number of aliphatic hydroxyl groups is 3. The minimum Gasteiger partial charge on any atom is -0.507 e. The van der Waals surface area contributed by atoms with Crippen molar-refractivity contribution in [3.8, 4) is 17.2 Å². The van der Waals surface area contributed by atoms with Crippen molar-refractivity contribution in [2.75, 3.05) is 13.7 Å². The highest BCUT2D eigenvalue weighted by atomic mass is 16.7. The molecule has 1 fully saturated rings. The molecule has 2 aromatic carbocycles. The highest BCUT2D eigenvalue weighted by molar-refractivity contribution is 6.31. The molecule has 3 aliphatic rings. The topological polar surface area (TPSA) is 206 Å². The number of Topliss-reactive ketones (excluding diaryl/α,β-unsaturated/α-hetero) is 1. The molecular formula is C29H33NO11. The van der Waals surface area contributed by atoms with E-state index >= 15 is 0 Å². The lowest BCUT2D eigenvalue weighted by Gasteiger charge is -2.42. The summed E-state index contributed by atoms with van der Waals surface area (Å²) in [5, 5.41) is 54.1. The van der Waals surface area contributed by atoms with E-state index in [9.17, 15) is 39.9 Å². The Bertz CT molecular complexity index is 1470. The molecule has 0 amide bonds. The molecule has 12 heteroatoms. The Hall–Kier alpha value is -3.39. The minimum atomic E-state index is -2.25. The number of carbonyl (C=O) groups excluding carboxylic acids is 3. The lowest BCUT2D eigenvalue weighted by Crippen LogP contribution is -2.53. The first-order valence-electron chi connectivity index (χ1n) is 13.2. The number of hydrogen-bond donors (Lipinski definition) is 6. The summed E-state index contributed by atoms with van der Waals surface area (Å²) in [5.74, 6) is -3.68. The third-order valence-electron chi connectivity index (χ3n) is 8.55. The first-order valence-corrected chi connectivity index (χ1v) is 13.2. The first-order chi connectivity index (χ1) is 19.2. The zero-order valence-electron chi connectivity index (χ0n) is 23.1. The van der Waals surface area contributed by atoms with Crippen LogP contribution in [-0.2, 0) is 20.7 Å². The second-order valence-corrected chi connectivity index (χ2v) is 11.1. The van der Waals surface area contributed by atoms with Crippen LogP contribution >= 0.6 is 0 Å². The van der Waals surface area contributed by atoms with Gasteiger partial charge in [-0.2, -0.15) is 0 Å². The van der Waals surface area contributed by atoms with Crippen molar-refractivity contribution in [2.45, 2.75) is 76.3 Å². The summed E-state index contributed by atoms with van der Waals surface area (Å²) in [6.07, 6.45) is -5.14. The number of aryl methyl sites for hydroxylation is 1. The van der Waals surface area contributed by atoms with Crippen molar-refractivity contribution in [3.63, 3.8) is 0 Å². The molecule has 1 saturated heterocycles. The number of phenolic OH excluding ortho intramolecular Hbond substituents is 2. The molecule has 0 unspecified atom stereocenters. The van der Waals surface area contributed by atoms with Crippen molar-refractivity contribution in [1.82, 2.24) is 0 Å². The Morgan fingerprint density at radius 3 is 2.41 bits per heavy atom. The van der Waals surface area contributed by atoms with Crippen molar-refractivity contribution >= 4 is 17.3 Å². The fourth-order valence-corrected chi connectivity index (χ4v) is 6.17. The van der Waals surface area contributed by atoms with Crippen molar-refractivity contribution in [2.24, 2.45) is 5.73 Å². The molecule has 12 nitrogen and oxygen atoms in total. The molecule has 0 bridgehead atoms. The van der Waals surface area contributed by atoms with E-state index in [1.165, 1.54) is 13.2 Å². The van der Waals surface area contributed by atoms with Crippen LogP contribution < -0.4 is 10.5 Å². The number of rotatable bonds is 5. The number of fused-ring (bicyclic) bond motifs is 3. The maximum atomic E-state index is 13.9. The normalized spacial score (nSPS) is 29.0. The molecule has 41 heavy (non-hydrogen) atoms. The van der Waals surface area contributed by atoms with Gasteiger partial charge in [0.15, 0.2) is 17.9 Å². The standard InChI is InChI=1S/C29H33NO11/c1-10-5-13-20(28(39-4)11(10)2)27(37)22-21(24(13)34)25(35)14-7-29(38,17(32)9-31)8-16(19(14)26(22)36)41-18-6-15(30)23(33)12(3)40-18/h5,12,15-16,18,23,31,33,35-36,38H,6-9,30H2,1-4H3/t12-,15-,16-,18-,23+,29-/m0/s1. The molecule has 220 valence electrons. The average Bonchev–Trinajstić information content (AvgIpc) is 2.92. The van der Waals surface area contributed by atoms with Gasteiger partial charge in [-0.25, -0.2) is 0 Å². The molecule has 0 radical (unpaired) electrons. The van der Waals surface area contributed by atoms with E-state index in [0.717, 1.165) is 0 Å². The van der Waals surface area contributed by atoms with Gasteiger partial charge in [0.1, 0.15) is 29.5 Å². The monoisotopic (exact) mass is 571 g/mol. The summed E-state index contributed by atoms with van der Waals surface area (Å²) in [6.45, 7) is 4.02. The van der Waals surface area contributed by atoms with Crippen LogP contribution in [-0.4, -0.2) is 86.7 Å². The maximum Gasteiger partial charge on any atom is 0.202 e. The molecule has 2 aliphatic carbocycles. The zero-order valence-corrected chi connectivity index (χ0v) is 23.1. The molecular weight excluding hydrogens is 538 g/mol. The molecule has 0 spiro atoms. The highest BCUT2D eigenvalue weighted by Crippen LogP contribution is 2.53. The number of nitrogens with two attached hydrogens (primary N) is 1. The van der Waals surface area contributed by atoms with E-state index in [1.807, 2.05) is 0 Å². The molecule has 0 saturated carbocycles. The number of aliphatic hydroxyl groups excluding tert-OH is 2. The van der Waals surface area contributed by atoms with E-state index in [-0.39, 0.29) is 34.4 Å². The van der Waals surface area contributed by atoms with Gasteiger partial charge in [0.2, 0.25) is 5.78 Å². The fourth-order valence-electron chi connectivity index (χ4n) is 6.17. The molecule has 2 aromatic rings. The number of ether oxygens (including phenoxy) is 3. The summed E-state index contributed by atoms with van der Waals surface area (Å²) in [7, 11) is 1.36. The van der Waals surface area contributed by atoms with Gasteiger partial charge >= 0.3 is 0 Å². The summed E-state index contributed by atoms with van der Waals surface area (Å²) in [5.41, 5.74) is 3.74. The van der Waals surface area contributed by atoms with Crippen LogP contribution in [0, 0.1) is 13.8 Å². The Labute approximate surface area is 235 Å². The Balaban J connectivity index is 1.71. The third kappa shape index (κ3) is 4.33. The van der Waals surface area contributed by atoms with Crippen LogP contribution in [0.1, 0.15) is 80.0 Å². The van der Waals surface area contributed by atoms with Gasteiger partial charge in [0, 0.05) is 42.0 Å². The number of phenols is 2. The predicted molar refractivity (Wildman–Crippen MR) is 141 cm³/mol. The minimum absolute atomic E-state index is 0.0159. The van der Waals surface area contributed by atoms with Gasteiger partial charge in [0.05, 0.1) is 42.1 Å². The van der Waals surface area contributed by atoms with E-state index in [0.29, 0.717) is 11.1 Å². The van der Waals surface area contributed by atoms with E-state index in [4.69, 9.17) is 19.9 Å². The number of methoxy groups -OCH3 is 1. The molecule has 6 atom stereocenters. The molecule has 5 rings (SSSR count). The third-order valence-corrected chi connectivity index (χ3v) is 8.55. The largest absolute Gasteiger partial charge is 0.507 e. The molecule has 1 heterocycles. The van der Waals surface area contributed by atoms with Gasteiger partial charge in [-0.3, -0.25) is 14.4 Å². The van der Waals surface area contributed by atoms with E-state index in [2.05, 4.69) is 0 Å². The fraction of sp³-hybridized carbons (Fsp3) is 0.483. The summed E-state index contributed by atoms with van der Waals surface area (Å²) in [4.78, 5) is 40.3. The van der Waals surface area contributed by atoms with Crippen LogP contribution in [0.5, 0.6) is 17.2 Å². The number of ketones is 3. The summed E-state index contributed by atoms with van der Waals surface area (Å²) in [6, 6.07) is 0.772. The quantitative estimate of drug-likeness (QED) is 0.233. The smallest absolute Gasteiger partial charge is 0.202 e. The Kier molecular flexibility index (Phi) is 7.21. The molecule has 7 N–H and O–H groups in total. The Morgan fingerprint density at radius 2 is 1.80 bits per heavy atom. The Morgan fingerprint density at radius 1 is 1.15 bits per heavy atom. The highest BCUT2D eigenvalue weighted by Gasteiger charge is 2.50. The lowest BCUT2D eigenvalue weighted by atomic mass is 9.71. The van der Waals surface area contributed by atoms with Gasteiger partial charge in [-0.1, -0.05) is 0 Å². The summed E-state index contributed by atoms with van der Waals surface area (Å²) < 4.78 is 17.3. The zero-order chi connectivity index (χ0) is 30.1. The number of carbonyl (C=O) groups is 3. The van der Waals surface area contributed by atoms with Crippen molar-refractivity contribution in [1.29, 1.82) is 0 Å². The lowest BCUT2D eigenvalue weighted by molar-refractivity contribution is -0.247. The van der Waals surface area contributed by atoms with E-state index < -0.39 is 95.7 Å². The second kappa shape index (κ2) is 10.2. The molecule has 0 aromatic heterocycles. The van der Waals surface area contributed by atoms with Crippen LogP contribution in [0.4, 0.5) is 0 Å². The SMILES string of the molecule is COc1c(C)c(C)cc2c1C(=O)c1c(O)c3c(c(O)c1C2=O)C[C@@](O)(C(=O)CO)C[C@@H]3O[C@H]1C[C@H](N)[C@H](O)[C@H](C)O1. The first kappa shape index (κ1) is 29.1. The van der Waals surface area contributed by atoms with Crippen LogP contribution in [0.3, 0.4) is 0 Å².